The number of ether oxygens (including phenoxy) is 1. The number of urea groups is 1. The Morgan fingerprint density at radius 3 is 2.38 bits per heavy atom. The summed E-state index contributed by atoms with van der Waals surface area (Å²) in [5, 5.41) is 4.44. The molecule has 8 nitrogen and oxygen atoms in total. The lowest BCUT2D eigenvalue weighted by Crippen LogP contribution is -2.50. The number of amidine groups is 1. The van der Waals surface area contributed by atoms with Crippen LogP contribution in [0, 0.1) is 18.8 Å². The Hall–Kier alpha value is -4.14. The number of hydrogen-bond donors (Lipinski definition) is 1. The van der Waals surface area contributed by atoms with Gasteiger partial charge in [0.25, 0.3) is 0 Å². The van der Waals surface area contributed by atoms with Crippen LogP contribution in [-0.4, -0.2) is 64.3 Å². The highest BCUT2D eigenvalue weighted by atomic mass is 35.5. The van der Waals surface area contributed by atoms with Crippen molar-refractivity contribution < 1.29 is 14.3 Å². The average Bonchev–Trinajstić information content (AvgIpc) is 3.14. The maximum Gasteiger partial charge on any atom is 0.325 e. The topological polar surface area (TPSA) is 87.1 Å². The van der Waals surface area contributed by atoms with Crippen LogP contribution < -0.4 is 10.1 Å². The monoisotopic (exact) mass is 785 g/mol. The number of benzene rings is 2. The van der Waals surface area contributed by atoms with Crippen LogP contribution in [0.4, 0.5) is 4.79 Å². The molecule has 1 aliphatic carbocycles. The van der Waals surface area contributed by atoms with Gasteiger partial charge in [-0.15, -0.1) is 0 Å². The summed E-state index contributed by atoms with van der Waals surface area (Å²) >= 11 is 12.6. The second kappa shape index (κ2) is 18.7. The van der Waals surface area contributed by atoms with E-state index in [9.17, 15) is 9.59 Å². The summed E-state index contributed by atoms with van der Waals surface area (Å²) in [6.07, 6.45) is 11.3. The number of allylic oxidation sites excluding steroid dienone is 3. The smallest absolute Gasteiger partial charge is 0.325 e. The third kappa shape index (κ3) is 11.7. The molecule has 0 bridgehead atoms. The zero-order chi connectivity index (χ0) is 39.8. The van der Waals surface area contributed by atoms with Crippen LogP contribution >= 0.6 is 23.2 Å². The lowest BCUT2D eigenvalue weighted by molar-refractivity contribution is -0.122. The minimum Gasteiger partial charge on any atom is -0.493 e. The molecule has 1 aromatic heterocycles. The normalized spacial score (nSPS) is 16.8. The zero-order valence-electron chi connectivity index (χ0n) is 33.5. The molecule has 2 aliphatic rings. The molecule has 0 spiro atoms. The van der Waals surface area contributed by atoms with Crippen molar-refractivity contribution in [3.05, 3.63) is 117 Å². The van der Waals surface area contributed by atoms with Crippen LogP contribution in [0.3, 0.4) is 0 Å². The van der Waals surface area contributed by atoms with Gasteiger partial charge in [0, 0.05) is 65.4 Å². The first-order valence-electron chi connectivity index (χ1n) is 19.5. The van der Waals surface area contributed by atoms with Crippen molar-refractivity contribution in [3.8, 4) is 5.75 Å². The van der Waals surface area contributed by atoms with E-state index in [0.29, 0.717) is 59.9 Å². The third-order valence-electron chi connectivity index (χ3n) is 10.4. The Kier molecular flexibility index (Phi) is 14.3. The maximum absolute atomic E-state index is 15.0. The second-order valence-corrected chi connectivity index (χ2v) is 17.2. The first kappa shape index (κ1) is 42.0. The number of aryl methyl sites for hydroxylation is 1. The van der Waals surface area contributed by atoms with E-state index in [-0.39, 0.29) is 35.7 Å². The fraction of sp³-hybridized carbons (Fsp3) is 0.467. The van der Waals surface area contributed by atoms with E-state index in [2.05, 4.69) is 71.1 Å². The minimum absolute atomic E-state index is 0.0357. The van der Waals surface area contributed by atoms with Crippen molar-refractivity contribution >= 4 is 41.0 Å². The van der Waals surface area contributed by atoms with Crippen LogP contribution in [0.5, 0.6) is 5.75 Å². The van der Waals surface area contributed by atoms with Crippen LogP contribution in [0.2, 0.25) is 5.02 Å². The largest absolute Gasteiger partial charge is 0.493 e. The second-order valence-electron chi connectivity index (χ2n) is 16.3. The van der Waals surface area contributed by atoms with Gasteiger partial charge in [-0.3, -0.25) is 19.7 Å². The van der Waals surface area contributed by atoms with Gasteiger partial charge in [-0.2, -0.15) is 0 Å². The number of pyridine rings is 1. The molecular formula is C45H57Cl2N5O3. The van der Waals surface area contributed by atoms with Gasteiger partial charge < -0.3 is 15.0 Å². The summed E-state index contributed by atoms with van der Waals surface area (Å²) in [6, 6.07) is 17.8. The molecule has 10 heteroatoms. The molecule has 0 saturated carbocycles. The number of nitrogens with zero attached hydrogens (tertiary/aromatic N) is 4. The zero-order valence-corrected chi connectivity index (χ0v) is 35.0. The van der Waals surface area contributed by atoms with E-state index in [0.717, 1.165) is 36.9 Å². The summed E-state index contributed by atoms with van der Waals surface area (Å²) in [4.78, 5) is 42.0. The van der Waals surface area contributed by atoms with E-state index < -0.39 is 5.54 Å². The molecule has 1 atom stereocenters. The van der Waals surface area contributed by atoms with Crippen LogP contribution in [-0.2, 0) is 23.2 Å². The van der Waals surface area contributed by atoms with E-state index in [4.69, 9.17) is 37.9 Å². The standard InChI is InChI=1S/C45H57Cl2N5O3/c1-8-55-39-28-40(44(3,4)5)49-29-38(39)42(50-45(6,7)35-14-18-37(47)19-15-35)52(30-34-12-16-36(46)17-13-34)43(54)51-24-21-33(22-25-51)27-41(53)48-23-20-32-11-9-10-31(2)26-32/h9-14,16-19,26,28-29,33,35H,8,15,20-25,27,30H2,1-7H3,(H,48,53)/b50-42-. The van der Waals surface area contributed by atoms with E-state index in [1.165, 1.54) is 11.1 Å². The maximum atomic E-state index is 15.0. The van der Waals surface area contributed by atoms with Gasteiger partial charge in [0.05, 0.1) is 24.3 Å². The number of amides is 3. The van der Waals surface area contributed by atoms with Gasteiger partial charge in [-0.25, -0.2) is 4.79 Å². The predicted octanol–water partition coefficient (Wildman–Crippen LogP) is 10.0. The van der Waals surface area contributed by atoms with Gasteiger partial charge >= 0.3 is 6.03 Å². The Labute approximate surface area is 338 Å². The van der Waals surface area contributed by atoms with Crippen LogP contribution in [0.15, 0.2) is 89.0 Å². The van der Waals surface area contributed by atoms with Gasteiger partial charge in [-0.05, 0) is 88.6 Å². The molecule has 2 heterocycles. The molecule has 0 radical (unpaired) electrons. The highest BCUT2D eigenvalue weighted by molar-refractivity contribution is 6.31. The number of halogens is 2. The lowest BCUT2D eigenvalue weighted by atomic mass is 9.83. The molecule has 3 aromatic rings. The first-order valence-corrected chi connectivity index (χ1v) is 20.3. The molecule has 1 N–H and O–H groups in total. The number of aromatic nitrogens is 1. The fourth-order valence-corrected chi connectivity index (χ4v) is 7.37. The number of nitrogens with one attached hydrogen (secondary N) is 1. The number of rotatable bonds is 12. The van der Waals surface area contributed by atoms with Gasteiger partial charge in [0.1, 0.15) is 11.6 Å². The summed E-state index contributed by atoms with van der Waals surface area (Å²) < 4.78 is 6.31. The molecule has 5 rings (SSSR count). The molecule has 1 unspecified atom stereocenters. The molecule has 1 saturated heterocycles. The van der Waals surface area contributed by atoms with E-state index in [1.54, 1.807) is 11.1 Å². The van der Waals surface area contributed by atoms with E-state index >= 15 is 0 Å². The molecule has 3 amide bonds. The summed E-state index contributed by atoms with van der Waals surface area (Å²) in [5.74, 6) is 1.40. The van der Waals surface area contributed by atoms with Crippen molar-refractivity contribution in [1.29, 1.82) is 0 Å². The summed E-state index contributed by atoms with van der Waals surface area (Å²) in [6.45, 7) is 16.9. The lowest BCUT2D eigenvalue weighted by Gasteiger charge is -2.38. The number of aliphatic imine (C=N–C) groups is 1. The molecule has 294 valence electrons. The highest BCUT2D eigenvalue weighted by Crippen LogP contribution is 2.35. The Morgan fingerprint density at radius 2 is 1.75 bits per heavy atom. The predicted molar refractivity (Wildman–Crippen MR) is 225 cm³/mol. The number of carbonyl (C=O) groups excluding carboxylic acids is 2. The van der Waals surface area contributed by atoms with Crippen LogP contribution in [0.1, 0.15) is 95.2 Å². The summed E-state index contributed by atoms with van der Waals surface area (Å²) in [7, 11) is 0. The first-order chi connectivity index (χ1) is 26.1. The molecule has 1 fully saturated rings. The highest BCUT2D eigenvalue weighted by Gasteiger charge is 2.35. The SMILES string of the molecule is CCOc1cc(C(C)(C)C)ncc1/C(=N/C(C)(C)C1C=CC(Cl)=CC1)N(Cc1ccc(Cl)cc1)C(=O)N1CCC(CC(=O)NCCc2cccc(C)c2)CC1. The molecule has 1 aliphatic heterocycles. The Balaban J connectivity index is 1.44. The van der Waals surface area contributed by atoms with Crippen LogP contribution in [0.25, 0.3) is 0 Å². The molecule has 2 aromatic carbocycles. The van der Waals surface area contributed by atoms with Crippen molar-refractivity contribution in [2.45, 2.75) is 98.1 Å². The Bertz CT molecular complexity index is 1890. The minimum atomic E-state index is -0.635. The molecular weight excluding hydrogens is 729 g/mol. The number of hydrogen-bond acceptors (Lipinski definition) is 5. The van der Waals surface area contributed by atoms with Crippen molar-refractivity contribution in [3.63, 3.8) is 0 Å². The quantitative estimate of drug-likeness (QED) is 0.146. The number of likely N-dealkylation sites (tertiary alicyclic amines) is 1. The van der Waals surface area contributed by atoms with Gasteiger partial charge in [0.15, 0.2) is 0 Å². The average molecular weight is 787 g/mol. The van der Waals surface area contributed by atoms with Crippen molar-refractivity contribution in [2.75, 3.05) is 26.2 Å². The fourth-order valence-electron chi connectivity index (χ4n) is 7.08. The molecule has 55 heavy (non-hydrogen) atoms. The Morgan fingerprint density at radius 1 is 1.02 bits per heavy atom. The van der Waals surface area contributed by atoms with Gasteiger partial charge in [0.2, 0.25) is 5.91 Å². The van der Waals surface area contributed by atoms with E-state index in [1.807, 2.05) is 60.4 Å². The summed E-state index contributed by atoms with van der Waals surface area (Å²) in [5.41, 5.74) is 4.01. The van der Waals surface area contributed by atoms with Crippen molar-refractivity contribution in [1.82, 2.24) is 20.1 Å². The van der Waals surface area contributed by atoms with Crippen molar-refractivity contribution in [2.24, 2.45) is 16.8 Å². The van der Waals surface area contributed by atoms with Gasteiger partial charge in [-0.1, -0.05) is 98.1 Å². The number of piperidine rings is 1. The number of carbonyl (C=O) groups is 2. The third-order valence-corrected chi connectivity index (χ3v) is 11.0.